The van der Waals surface area contributed by atoms with Crippen LogP contribution in [0.5, 0.6) is 11.5 Å². The fourth-order valence-corrected chi connectivity index (χ4v) is 3.65. The summed E-state index contributed by atoms with van der Waals surface area (Å²) in [6.45, 7) is 5.86. The molecule has 9 nitrogen and oxygen atoms in total. The summed E-state index contributed by atoms with van der Waals surface area (Å²) in [6.07, 6.45) is 0. The first kappa shape index (κ1) is 22.0. The Kier molecular flexibility index (Phi) is 5.80. The predicted octanol–water partition coefficient (Wildman–Crippen LogP) is 5.02. The molecular formula is C26H23N7O2. The molecule has 2 aromatic heterocycles. The molecule has 35 heavy (non-hydrogen) atoms. The molecule has 0 spiro atoms. The van der Waals surface area contributed by atoms with Gasteiger partial charge in [-0.25, -0.2) is 4.68 Å². The summed E-state index contributed by atoms with van der Waals surface area (Å²) in [4.78, 5) is 12.9. The molecular weight excluding hydrogens is 442 g/mol. The number of hydrogen-bond acceptors (Lipinski definition) is 6. The third-order valence-corrected chi connectivity index (χ3v) is 5.47. The van der Waals surface area contributed by atoms with E-state index in [1.165, 1.54) is 0 Å². The Morgan fingerprint density at radius 1 is 0.943 bits per heavy atom. The second-order valence-electron chi connectivity index (χ2n) is 8.21. The summed E-state index contributed by atoms with van der Waals surface area (Å²) in [5.74, 6) is 2.22. The summed E-state index contributed by atoms with van der Waals surface area (Å²) < 4.78 is 7.74. The van der Waals surface area contributed by atoms with Gasteiger partial charge in [0.05, 0.1) is 11.4 Å². The van der Waals surface area contributed by atoms with Gasteiger partial charge >= 0.3 is 0 Å². The van der Waals surface area contributed by atoms with E-state index >= 15 is 0 Å². The third-order valence-electron chi connectivity index (χ3n) is 5.47. The number of anilines is 1. The lowest BCUT2D eigenvalue weighted by Gasteiger charge is -2.11. The molecule has 0 bridgehead atoms. The molecule has 5 aromatic rings. The number of carbonyl (C=O) groups excluding carboxylic acids is 1. The number of hydrogen-bond donors (Lipinski definition) is 2. The zero-order chi connectivity index (χ0) is 24.4. The molecule has 0 fully saturated rings. The Morgan fingerprint density at radius 3 is 2.40 bits per heavy atom. The average Bonchev–Trinajstić information content (AvgIpc) is 3.51. The minimum atomic E-state index is -0.231. The van der Waals surface area contributed by atoms with Gasteiger partial charge in [0.2, 0.25) is 5.82 Å². The summed E-state index contributed by atoms with van der Waals surface area (Å²) >= 11 is 0. The Bertz CT molecular complexity index is 1470. The van der Waals surface area contributed by atoms with Crippen LogP contribution in [0.15, 0.2) is 72.8 Å². The largest absolute Gasteiger partial charge is 0.457 e. The Labute approximate surface area is 201 Å². The summed E-state index contributed by atoms with van der Waals surface area (Å²) in [7, 11) is 0. The van der Waals surface area contributed by atoms with Crippen molar-refractivity contribution in [2.75, 3.05) is 5.32 Å². The predicted molar refractivity (Wildman–Crippen MR) is 132 cm³/mol. The summed E-state index contributed by atoms with van der Waals surface area (Å²) in [6, 6.07) is 22.5. The van der Waals surface area contributed by atoms with Crippen LogP contribution in [-0.2, 0) is 0 Å². The quantitative estimate of drug-likeness (QED) is 0.364. The molecule has 0 aliphatic carbocycles. The smallest absolute Gasteiger partial charge is 0.256 e. The average molecular weight is 466 g/mol. The van der Waals surface area contributed by atoms with Crippen LogP contribution >= 0.6 is 0 Å². The normalized spacial score (nSPS) is 10.8. The van der Waals surface area contributed by atoms with Crippen molar-refractivity contribution in [1.29, 1.82) is 0 Å². The van der Waals surface area contributed by atoms with Gasteiger partial charge in [-0.15, -0.1) is 10.2 Å². The lowest BCUT2D eigenvalue weighted by Crippen LogP contribution is -2.15. The second kappa shape index (κ2) is 9.22. The van der Waals surface area contributed by atoms with Crippen LogP contribution in [0, 0.1) is 20.8 Å². The Balaban J connectivity index is 1.29. The maximum atomic E-state index is 12.9. The number of ether oxygens (including phenoxy) is 1. The van der Waals surface area contributed by atoms with Gasteiger partial charge < -0.3 is 10.1 Å². The van der Waals surface area contributed by atoms with E-state index in [4.69, 9.17) is 4.74 Å². The van der Waals surface area contributed by atoms with Crippen LogP contribution in [0.1, 0.15) is 27.2 Å². The van der Waals surface area contributed by atoms with Gasteiger partial charge in [-0.3, -0.25) is 4.79 Å². The first-order valence-electron chi connectivity index (χ1n) is 11.0. The number of aromatic amines is 1. The van der Waals surface area contributed by atoms with E-state index < -0.39 is 0 Å². The van der Waals surface area contributed by atoms with Gasteiger partial charge in [0.25, 0.3) is 5.91 Å². The number of nitrogens with zero attached hydrogens (tertiary/aromatic N) is 5. The SMILES string of the molecule is Cc1ccc(-n2nc(C)cc2NC(=O)c2ccc(Oc3ccc(-c4nn[nH]n4)cc3C)cc2)cc1. The van der Waals surface area contributed by atoms with E-state index in [0.717, 1.165) is 28.1 Å². The first-order valence-corrected chi connectivity index (χ1v) is 11.0. The fraction of sp³-hybridized carbons (Fsp3) is 0.115. The number of nitrogens with one attached hydrogen (secondary N) is 2. The standard InChI is InChI=1S/C26H23N7O2/c1-16-4-9-21(10-5-16)33-24(15-18(3)30-33)27-26(34)19-6-11-22(12-7-19)35-23-13-8-20(14-17(23)2)25-28-31-32-29-25/h4-15H,1-3H3,(H,27,34)(H,28,29,31,32). The number of aromatic nitrogens is 6. The highest BCUT2D eigenvalue weighted by Gasteiger charge is 2.13. The van der Waals surface area contributed by atoms with Gasteiger partial charge in [0.15, 0.2) is 0 Å². The number of tetrazole rings is 1. The number of rotatable bonds is 6. The van der Waals surface area contributed by atoms with Crippen LogP contribution in [0.3, 0.4) is 0 Å². The topological polar surface area (TPSA) is 111 Å². The Hall–Kier alpha value is -4.79. The number of aryl methyl sites for hydroxylation is 3. The maximum absolute atomic E-state index is 12.9. The minimum Gasteiger partial charge on any atom is -0.457 e. The van der Waals surface area contributed by atoms with Crippen molar-refractivity contribution in [3.63, 3.8) is 0 Å². The molecule has 2 N–H and O–H groups in total. The highest BCUT2D eigenvalue weighted by Crippen LogP contribution is 2.28. The number of benzene rings is 3. The highest BCUT2D eigenvalue weighted by molar-refractivity contribution is 6.04. The van der Waals surface area contributed by atoms with E-state index in [1.807, 2.05) is 69.3 Å². The van der Waals surface area contributed by atoms with Crippen molar-refractivity contribution in [3.05, 3.63) is 95.2 Å². The molecule has 9 heteroatoms. The van der Waals surface area contributed by atoms with Gasteiger partial charge in [-0.2, -0.15) is 10.3 Å². The van der Waals surface area contributed by atoms with E-state index in [1.54, 1.807) is 28.9 Å². The maximum Gasteiger partial charge on any atom is 0.256 e. The zero-order valence-corrected chi connectivity index (χ0v) is 19.5. The molecule has 174 valence electrons. The summed E-state index contributed by atoms with van der Waals surface area (Å²) in [5.41, 5.74) is 5.12. The van der Waals surface area contributed by atoms with E-state index in [2.05, 4.69) is 31.0 Å². The third kappa shape index (κ3) is 4.79. The molecule has 3 aromatic carbocycles. The molecule has 0 saturated heterocycles. The van der Waals surface area contributed by atoms with Gasteiger partial charge in [0.1, 0.15) is 17.3 Å². The van der Waals surface area contributed by atoms with Crippen molar-refractivity contribution in [3.8, 4) is 28.6 Å². The minimum absolute atomic E-state index is 0.231. The van der Waals surface area contributed by atoms with E-state index in [-0.39, 0.29) is 5.91 Å². The lowest BCUT2D eigenvalue weighted by atomic mass is 10.1. The number of H-pyrrole nitrogens is 1. The van der Waals surface area contributed by atoms with Crippen LogP contribution in [0.4, 0.5) is 5.82 Å². The first-order chi connectivity index (χ1) is 17.0. The number of carbonyl (C=O) groups is 1. The molecule has 0 saturated carbocycles. The fourth-order valence-electron chi connectivity index (χ4n) is 3.65. The molecule has 1 amide bonds. The molecule has 0 atom stereocenters. The van der Waals surface area contributed by atoms with Crippen LogP contribution in [0.25, 0.3) is 17.1 Å². The van der Waals surface area contributed by atoms with Crippen molar-refractivity contribution in [2.24, 2.45) is 0 Å². The van der Waals surface area contributed by atoms with Crippen molar-refractivity contribution in [2.45, 2.75) is 20.8 Å². The molecule has 2 heterocycles. The van der Waals surface area contributed by atoms with Gasteiger partial charge in [0, 0.05) is 17.2 Å². The van der Waals surface area contributed by atoms with E-state index in [0.29, 0.717) is 28.7 Å². The molecule has 0 unspecified atom stereocenters. The van der Waals surface area contributed by atoms with Crippen molar-refractivity contribution in [1.82, 2.24) is 30.4 Å². The second-order valence-corrected chi connectivity index (χ2v) is 8.21. The van der Waals surface area contributed by atoms with Crippen LogP contribution < -0.4 is 10.1 Å². The molecule has 5 rings (SSSR count). The van der Waals surface area contributed by atoms with Crippen molar-refractivity contribution >= 4 is 11.7 Å². The van der Waals surface area contributed by atoms with Gasteiger partial charge in [-0.1, -0.05) is 17.7 Å². The molecule has 0 radical (unpaired) electrons. The summed E-state index contributed by atoms with van der Waals surface area (Å²) in [5, 5.41) is 21.5. The molecule has 0 aliphatic heterocycles. The number of amides is 1. The lowest BCUT2D eigenvalue weighted by molar-refractivity contribution is 0.102. The van der Waals surface area contributed by atoms with Crippen molar-refractivity contribution < 1.29 is 9.53 Å². The monoisotopic (exact) mass is 465 g/mol. The Morgan fingerprint density at radius 2 is 1.71 bits per heavy atom. The highest BCUT2D eigenvalue weighted by atomic mass is 16.5. The van der Waals surface area contributed by atoms with E-state index in [9.17, 15) is 4.79 Å². The van der Waals surface area contributed by atoms with Gasteiger partial charge in [-0.05, 0) is 86.1 Å². The van der Waals surface area contributed by atoms with Crippen LogP contribution in [0.2, 0.25) is 0 Å². The van der Waals surface area contributed by atoms with Crippen LogP contribution in [-0.4, -0.2) is 36.3 Å². The molecule has 0 aliphatic rings. The zero-order valence-electron chi connectivity index (χ0n) is 19.5.